The quantitative estimate of drug-likeness (QED) is 0.589. The van der Waals surface area contributed by atoms with Gasteiger partial charge in [-0.1, -0.05) is 12.1 Å². The number of sulfonamides is 1. The van der Waals surface area contributed by atoms with Gasteiger partial charge < -0.3 is 14.0 Å². The fraction of sp³-hybridized carbons (Fsp3) is 0.200. The highest BCUT2D eigenvalue weighted by Gasteiger charge is 2.27. The molecule has 2 heterocycles. The molecule has 0 aliphatic carbocycles. The molecule has 0 aliphatic rings. The van der Waals surface area contributed by atoms with Crippen LogP contribution in [0.3, 0.4) is 0 Å². The summed E-state index contributed by atoms with van der Waals surface area (Å²) < 4.78 is 37.9. The Balaban J connectivity index is 1.93. The normalized spacial score (nSPS) is 11.1. The van der Waals surface area contributed by atoms with Crippen LogP contribution in [0.1, 0.15) is 15.9 Å². The number of rotatable bonds is 7. The van der Waals surface area contributed by atoms with Crippen LogP contribution in [0.5, 0.6) is 11.5 Å². The van der Waals surface area contributed by atoms with Gasteiger partial charge in [0.25, 0.3) is 5.91 Å². The molecule has 0 atom stereocenters. The summed E-state index contributed by atoms with van der Waals surface area (Å²) in [6, 6.07) is 12.0. The van der Waals surface area contributed by atoms with Crippen molar-refractivity contribution in [2.45, 2.75) is 6.54 Å². The minimum atomic E-state index is -3.85. The lowest BCUT2D eigenvalue weighted by atomic mass is 10.1. The van der Waals surface area contributed by atoms with Crippen LogP contribution in [0.25, 0.3) is 5.82 Å². The van der Waals surface area contributed by atoms with Gasteiger partial charge in [0.2, 0.25) is 10.0 Å². The standard InChI is InChI=1S/C20H21N3O5S/c1-27-17-8-6-7-16(19(17)28-2)14-23(29(3,25)26)20(24)15-9-10-18(21-13-15)22-11-4-5-12-22/h4-13H,14H2,1-3H3. The zero-order valence-corrected chi connectivity index (χ0v) is 17.1. The number of carbonyl (C=O) groups is 1. The Morgan fingerprint density at radius 1 is 1.07 bits per heavy atom. The van der Waals surface area contributed by atoms with Crippen molar-refractivity contribution in [1.29, 1.82) is 0 Å². The van der Waals surface area contributed by atoms with E-state index in [4.69, 9.17) is 9.47 Å². The molecule has 0 aliphatic heterocycles. The Morgan fingerprint density at radius 2 is 1.79 bits per heavy atom. The summed E-state index contributed by atoms with van der Waals surface area (Å²) in [5, 5.41) is 0. The first kappa shape index (κ1) is 20.4. The van der Waals surface area contributed by atoms with Crippen LogP contribution < -0.4 is 9.47 Å². The van der Waals surface area contributed by atoms with Gasteiger partial charge in [0.15, 0.2) is 11.5 Å². The van der Waals surface area contributed by atoms with Gasteiger partial charge in [-0.05, 0) is 30.3 Å². The summed E-state index contributed by atoms with van der Waals surface area (Å²) >= 11 is 0. The van der Waals surface area contributed by atoms with Crippen molar-refractivity contribution in [3.8, 4) is 17.3 Å². The highest BCUT2D eigenvalue weighted by Crippen LogP contribution is 2.32. The van der Waals surface area contributed by atoms with E-state index in [9.17, 15) is 13.2 Å². The van der Waals surface area contributed by atoms with Gasteiger partial charge in [0.05, 0.1) is 32.6 Å². The largest absolute Gasteiger partial charge is 0.493 e. The third-order valence-electron chi connectivity index (χ3n) is 4.29. The molecule has 152 valence electrons. The fourth-order valence-corrected chi connectivity index (χ4v) is 3.65. The summed E-state index contributed by atoms with van der Waals surface area (Å²) in [5.41, 5.74) is 0.663. The van der Waals surface area contributed by atoms with Crippen LogP contribution in [0.15, 0.2) is 61.1 Å². The van der Waals surface area contributed by atoms with Crippen LogP contribution in [0, 0.1) is 0 Å². The third kappa shape index (κ3) is 4.40. The Labute approximate surface area is 169 Å². The minimum absolute atomic E-state index is 0.160. The molecule has 0 bridgehead atoms. The SMILES string of the molecule is COc1cccc(CN(C(=O)c2ccc(-n3cccc3)nc2)S(C)(=O)=O)c1OC. The lowest BCUT2D eigenvalue weighted by molar-refractivity contribution is 0.0854. The monoisotopic (exact) mass is 415 g/mol. The van der Waals surface area contributed by atoms with Crippen LogP contribution >= 0.6 is 0 Å². The molecule has 3 rings (SSSR count). The number of hydrogen-bond acceptors (Lipinski definition) is 6. The van der Waals surface area contributed by atoms with E-state index in [0.29, 0.717) is 22.9 Å². The Bertz CT molecular complexity index is 1090. The fourth-order valence-electron chi connectivity index (χ4n) is 2.87. The van der Waals surface area contributed by atoms with Gasteiger partial charge >= 0.3 is 0 Å². The lowest BCUT2D eigenvalue weighted by Gasteiger charge is -2.22. The van der Waals surface area contributed by atoms with Crippen molar-refractivity contribution in [3.05, 3.63) is 72.2 Å². The number of para-hydroxylation sites is 1. The maximum atomic E-state index is 13.0. The number of benzene rings is 1. The van der Waals surface area contributed by atoms with E-state index in [1.807, 2.05) is 24.5 Å². The van der Waals surface area contributed by atoms with E-state index in [-0.39, 0.29) is 12.1 Å². The number of methoxy groups -OCH3 is 2. The summed E-state index contributed by atoms with van der Waals surface area (Å²) in [5.74, 6) is 0.761. The molecule has 1 amide bonds. The van der Waals surface area contributed by atoms with Crippen molar-refractivity contribution < 1.29 is 22.7 Å². The predicted molar refractivity (Wildman–Crippen MR) is 108 cm³/mol. The number of amides is 1. The zero-order chi connectivity index (χ0) is 21.0. The highest BCUT2D eigenvalue weighted by molar-refractivity contribution is 7.88. The summed E-state index contributed by atoms with van der Waals surface area (Å²) in [6.45, 7) is -0.197. The first-order valence-corrected chi connectivity index (χ1v) is 10.5. The highest BCUT2D eigenvalue weighted by atomic mass is 32.2. The molecule has 0 unspecified atom stereocenters. The number of carbonyl (C=O) groups excluding carboxylic acids is 1. The van der Waals surface area contributed by atoms with Gasteiger partial charge in [0.1, 0.15) is 5.82 Å². The van der Waals surface area contributed by atoms with Crippen molar-refractivity contribution in [3.63, 3.8) is 0 Å². The molecule has 0 saturated heterocycles. The van der Waals surface area contributed by atoms with E-state index in [1.54, 1.807) is 34.9 Å². The average Bonchev–Trinajstić information content (AvgIpc) is 3.25. The molecular formula is C20H21N3O5S. The third-order valence-corrected chi connectivity index (χ3v) is 5.38. The van der Waals surface area contributed by atoms with E-state index in [1.165, 1.54) is 20.4 Å². The number of hydrogen-bond donors (Lipinski definition) is 0. The van der Waals surface area contributed by atoms with Gasteiger partial charge in [0, 0.05) is 24.2 Å². The lowest BCUT2D eigenvalue weighted by Crippen LogP contribution is -2.35. The first-order valence-electron chi connectivity index (χ1n) is 8.66. The van der Waals surface area contributed by atoms with Crippen molar-refractivity contribution in [1.82, 2.24) is 13.9 Å². The number of ether oxygens (including phenoxy) is 2. The second-order valence-electron chi connectivity index (χ2n) is 6.22. The second-order valence-corrected chi connectivity index (χ2v) is 8.13. The molecule has 9 heteroatoms. The second kappa shape index (κ2) is 8.36. The topological polar surface area (TPSA) is 90.7 Å². The molecule has 2 aromatic heterocycles. The molecule has 0 spiro atoms. The predicted octanol–water partition coefficient (Wildman–Crippen LogP) is 2.49. The van der Waals surface area contributed by atoms with Gasteiger partial charge in [-0.2, -0.15) is 0 Å². The van der Waals surface area contributed by atoms with Gasteiger partial charge in [-0.25, -0.2) is 17.7 Å². The molecule has 1 aromatic carbocycles. The average molecular weight is 415 g/mol. The zero-order valence-electron chi connectivity index (χ0n) is 16.3. The maximum Gasteiger partial charge on any atom is 0.269 e. The molecule has 8 nitrogen and oxygen atoms in total. The summed E-state index contributed by atoms with van der Waals surface area (Å²) in [6.07, 6.45) is 5.99. The molecule has 0 saturated carbocycles. The number of nitrogens with zero attached hydrogens (tertiary/aromatic N) is 3. The number of aromatic nitrogens is 2. The first-order chi connectivity index (χ1) is 13.8. The van der Waals surface area contributed by atoms with Gasteiger partial charge in [-0.3, -0.25) is 4.79 Å². The molecule has 29 heavy (non-hydrogen) atoms. The van der Waals surface area contributed by atoms with Crippen molar-refractivity contribution in [2.75, 3.05) is 20.5 Å². The van der Waals surface area contributed by atoms with E-state index >= 15 is 0 Å². The van der Waals surface area contributed by atoms with Crippen LogP contribution in [0.2, 0.25) is 0 Å². The molecule has 0 fully saturated rings. The van der Waals surface area contributed by atoms with Crippen molar-refractivity contribution >= 4 is 15.9 Å². The van der Waals surface area contributed by atoms with Crippen LogP contribution in [-0.2, 0) is 16.6 Å². The van der Waals surface area contributed by atoms with E-state index in [0.717, 1.165) is 10.6 Å². The molecular weight excluding hydrogens is 394 g/mol. The van der Waals surface area contributed by atoms with E-state index < -0.39 is 15.9 Å². The Morgan fingerprint density at radius 3 is 2.34 bits per heavy atom. The number of pyridine rings is 1. The Hall–Kier alpha value is -3.33. The van der Waals surface area contributed by atoms with Crippen LogP contribution in [0.4, 0.5) is 0 Å². The summed E-state index contributed by atoms with van der Waals surface area (Å²) in [4.78, 5) is 17.2. The smallest absolute Gasteiger partial charge is 0.269 e. The molecule has 0 radical (unpaired) electrons. The molecule has 3 aromatic rings. The molecule has 0 N–H and O–H groups in total. The van der Waals surface area contributed by atoms with Gasteiger partial charge in [-0.15, -0.1) is 0 Å². The Kier molecular flexibility index (Phi) is 5.88. The van der Waals surface area contributed by atoms with E-state index in [2.05, 4.69) is 4.98 Å². The minimum Gasteiger partial charge on any atom is -0.493 e. The maximum absolute atomic E-state index is 13.0. The summed E-state index contributed by atoms with van der Waals surface area (Å²) in [7, 11) is -0.913. The van der Waals surface area contributed by atoms with Crippen LogP contribution in [-0.4, -0.2) is 48.7 Å². The van der Waals surface area contributed by atoms with Crippen molar-refractivity contribution in [2.24, 2.45) is 0 Å².